The first kappa shape index (κ1) is 20.3. The van der Waals surface area contributed by atoms with E-state index >= 15 is 0 Å². The highest BCUT2D eigenvalue weighted by Crippen LogP contribution is 2.33. The maximum absolute atomic E-state index is 12.5. The molecule has 22 heavy (non-hydrogen) atoms. The van der Waals surface area contributed by atoms with E-state index in [0.717, 1.165) is 30.8 Å². The lowest BCUT2D eigenvalue weighted by atomic mass is 9.80. The molecule has 0 radical (unpaired) electrons. The van der Waals surface area contributed by atoms with Gasteiger partial charge in [0.15, 0.2) is 0 Å². The van der Waals surface area contributed by atoms with Gasteiger partial charge in [-0.3, -0.25) is 0 Å². The molecule has 0 aliphatic carbocycles. The maximum atomic E-state index is 12.5. The lowest BCUT2D eigenvalue weighted by molar-refractivity contribution is 0.0577. The van der Waals surface area contributed by atoms with Gasteiger partial charge in [0, 0.05) is 28.4 Å². The van der Waals surface area contributed by atoms with Gasteiger partial charge < -0.3 is 10.1 Å². The summed E-state index contributed by atoms with van der Waals surface area (Å²) in [5.41, 5.74) is -0.119. The van der Waals surface area contributed by atoms with Gasteiger partial charge in [0.25, 0.3) is 10.0 Å². The van der Waals surface area contributed by atoms with Gasteiger partial charge in [-0.25, -0.2) is 13.1 Å². The lowest BCUT2D eigenvalue weighted by Crippen LogP contribution is -2.47. The van der Waals surface area contributed by atoms with Crippen LogP contribution in [-0.4, -0.2) is 41.8 Å². The van der Waals surface area contributed by atoms with Crippen molar-refractivity contribution in [3.8, 4) is 0 Å². The van der Waals surface area contributed by atoms with Crippen LogP contribution >= 0.6 is 39.7 Å². The van der Waals surface area contributed by atoms with Gasteiger partial charge in [-0.1, -0.05) is 0 Å². The van der Waals surface area contributed by atoms with Crippen LogP contribution in [0.2, 0.25) is 0 Å². The molecule has 1 aliphatic rings. The van der Waals surface area contributed by atoms with Crippen LogP contribution in [0.15, 0.2) is 14.7 Å². The molecule has 128 valence electrons. The first-order valence-corrected chi connectivity index (χ1v) is 9.93. The van der Waals surface area contributed by atoms with E-state index in [2.05, 4.69) is 26.0 Å². The number of rotatable bonds is 6. The zero-order valence-corrected chi connectivity index (χ0v) is 16.7. The van der Waals surface area contributed by atoms with Crippen molar-refractivity contribution in [1.82, 2.24) is 10.0 Å². The fourth-order valence-electron chi connectivity index (χ4n) is 2.59. The topological polar surface area (TPSA) is 67.4 Å². The van der Waals surface area contributed by atoms with Crippen molar-refractivity contribution in [3.63, 3.8) is 0 Å². The molecule has 0 bridgehead atoms. The molecular formula is C13H22BrClN2O3S2. The molecule has 1 aliphatic heterocycles. The normalized spacial score (nSPS) is 18.0. The Balaban J connectivity index is 0.00000242. The summed E-state index contributed by atoms with van der Waals surface area (Å²) < 4.78 is 34.0. The van der Waals surface area contributed by atoms with Gasteiger partial charge in [-0.2, -0.15) is 0 Å². The highest BCUT2D eigenvalue weighted by atomic mass is 79.9. The second-order valence-electron chi connectivity index (χ2n) is 5.50. The molecule has 1 fully saturated rings. The van der Waals surface area contributed by atoms with Crippen molar-refractivity contribution in [3.05, 3.63) is 15.4 Å². The SMILES string of the molecule is COCC1(CNS(=O)(=O)c2sc(C)cc2Br)CCNCC1.Cl. The molecule has 1 saturated heterocycles. The summed E-state index contributed by atoms with van der Waals surface area (Å²) >= 11 is 4.60. The Bertz CT molecular complexity index is 581. The Morgan fingerprint density at radius 2 is 2.09 bits per heavy atom. The van der Waals surface area contributed by atoms with Gasteiger partial charge in [0.1, 0.15) is 4.21 Å². The van der Waals surface area contributed by atoms with Crippen molar-refractivity contribution in [2.24, 2.45) is 5.41 Å². The molecule has 0 saturated carbocycles. The minimum atomic E-state index is -3.48. The van der Waals surface area contributed by atoms with Crippen LogP contribution in [0.3, 0.4) is 0 Å². The third kappa shape index (κ3) is 4.90. The minimum Gasteiger partial charge on any atom is -0.384 e. The van der Waals surface area contributed by atoms with Crippen molar-refractivity contribution < 1.29 is 13.2 Å². The predicted octanol–water partition coefficient (Wildman–Crippen LogP) is 2.54. The summed E-state index contributed by atoms with van der Waals surface area (Å²) in [6.07, 6.45) is 1.82. The number of methoxy groups -OCH3 is 1. The Hall–Kier alpha value is 0.300. The summed E-state index contributed by atoms with van der Waals surface area (Å²) in [6.45, 7) is 4.67. The second-order valence-corrected chi connectivity index (χ2v) is 9.57. The van der Waals surface area contributed by atoms with Crippen LogP contribution in [0, 0.1) is 12.3 Å². The van der Waals surface area contributed by atoms with Gasteiger partial charge in [-0.05, 0) is 54.9 Å². The van der Waals surface area contributed by atoms with Gasteiger partial charge in [0.05, 0.1) is 6.61 Å². The summed E-state index contributed by atoms with van der Waals surface area (Å²) in [5, 5.41) is 3.30. The molecule has 1 aromatic heterocycles. The second kappa shape index (κ2) is 8.41. The van der Waals surface area contributed by atoms with E-state index in [0.29, 0.717) is 21.8 Å². The number of halogens is 2. The number of nitrogens with one attached hydrogen (secondary N) is 2. The fourth-order valence-corrected chi connectivity index (χ4v) is 6.55. The largest absolute Gasteiger partial charge is 0.384 e. The van der Waals surface area contributed by atoms with E-state index in [-0.39, 0.29) is 17.8 Å². The molecule has 0 spiro atoms. The van der Waals surface area contributed by atoms with Crippen molar-refractivity contribution in [2.75, 3.05) is 33.4 Å². The Morgan fingerprint density at radius 3 is 2.59 bits per heavy atom. The van der Waals surface area contributed by atoms with Crippen molar-refractivity contribution in [2.45, 2.75) is 24.0 Å². The third-order valence-corrected chi connectivity index (χ3v) is 7.91. The molecule has 2 rings (SSSR count). The van der Waals surface area contributed by atoms with Gasteiger partial charge in [-0.15, -0.1) is 23.7 Å². The van der Waals surface area contributed by atoms with Crippen LogP contribution in [0.5, 0.6) is 0 Å². The molecule has 2 N–H and O–H groups in total. The van der Waals surface area contributed by atoms with Crippen LogP contribution < -0.4 is 10.0 Å². The van der Waals surface area contributed by atoms with E-state index in [1.54, 1.807) is 7.11 Å². The number of piperidine rings is 1. The standard InChI is InChI=1S/C13H21BrN2O3S2.ClH/c1-10-7-11(14)12(20-10)21(17,18)16-8-13(9-19-2)3-5-15-6-4-13;/h7,15-16H,3-6,8-9H2,1-2H3;1H. The fraction of sp³-hybridized carbons (Fsp3) is 0.692. The Labute approximate surface area is 150 Å². The lowest BCUT2D eigenvalue weighted by Gasteiger charge is -2.37. The smallest absolute Gasteiger partial charge is 0.251 e. The highest BCUT2D eigenvalue weighted by Gasteiger charge is 2.34. The number of ether oxygens (including phenoxy) is 1. The molecule has 2 heterocycles. The molecule has 0 aromatic carbocycles. The highest BCUT2D eigenvalue weighted by molar-refractivity contribution is 9.10. The maximum Gasteiger partial charge on any atom is 0.251 e. The first-order valence-electron chi connectivity index (χ1n) is 6.84. The Morgan fingerprint density at radius 1 is 1.45 bits per heavy atom. The Kier molecular flexibility index (Phi) is 7.78. The predicted molar refractivity (Wildman–Crippen MR) is 95.6 cm³/mol. The van der Waals surface area contributed by atoms with Gasteiger partial charge >= 0.3 is 0 Å². The molecule has 9 heteroatoms. The summed E-state index contributed by atoms with van der Waals surface area (Å²) in [4.78, 5) is 0.968. The molecular weight excluding hydrogens is 412 g/mol. The van der Waals surface area contributed by atoms with Crippen molar-refractivity contribution >= 4 is 49.7 Å². The number of hydrogen-bond acceptors (Lipinski definition) is 5. The van der Waals surface area contributed by atoms with E-state index in [4.69, 9.17) is 4.74 Å². The van der Waals surface area contributed by atoms with E-state index < -0.39 is 10.0 Å². The number of thiophene rings is 1. The number of sulfonamides is 1. The van der Waals surface area contributed by atoms with Gasteiger partial charge in [0.2, 0.25) is 0 Å². The van der Waals surface area contributed by atoms with E-state index in [1.807, 2.05) is 13.0 Å². The van der Waals surface area contributed by atoms with E-state index in [1.165, 1.54) is 11.3 Å². The first-order chi connectivity index (χ1) is 9.88. The zero-order chi connectivity index (χ0) is 15.5. The molecule has 1 aromatic rings. The number of aryl methyl sites for hydroxylation is 1. The molecule has 0 unspecified atom stereocenters. The van der Waals surface area contributed by atoms with Crippen LogP contribution in [0.4, 0.5) is 0 Å². The monoisotopic (exact) mass is 432 g/mol. The average Bonchev–Trinajstić information content (AvgIpc) is 2.78. The average molecular weight is 434 g/mol. The van der Waals surface area contributed by atoms with Crippen LogP contribution in [0.1, 0.15) is 17.7 Å². The van der Waals surface area contributed by atoms with Crippen LogP contribution in [-0.2, 0) is 14.8 Å². The molecule has 0 amide bonds. The minimum absolute atomic E-state index is 0. The molecule has 0 atom stereocenters. The molecule has 5 nitrogen and oxygen atoms in total. The summed E-state index contributed by atoms with van der Waals surface area (Å²) in [7, 11) is -1.82. The zero-order valence-electron chi connectivity index (χ0n) is 12.6. The number of hydrogen-bond donors (Lipinski definition) is 2. The quantitative estimate of drug-likeness (QED) is 0.723. The summed E-state index contributed by atoms with van der Waals surface area (Å²) in [6, 6.07) is 1.83. The van der Waals surface area contributed by atoms with Crippen molar-refractivity contribution in [1.29, 1.82) is 0 Å². The van der Waals surface area contributed by atoms with Crippen LogP contribution in [0.25, 0.3) is 0 Å². The van der Waals surface area contributed by atoms with E-state index in [9.17, 15) is 8.42 Å². The third-order valence-electron chi connectivity index (χ3n) is 3.77. The summed E-state index contributed by atoms with van der Waals surface area (Å²) in [5.74, 6) is 0.